The molecule has 2 aromatic heterocycles. The number of thiazole rings is 1. The highest BCUT2D eigenvalue weighted by Gasteiger charge is 2.33. The molecule has 1 N–H and O–H groups in total. The van der Waals surface area contributed by atoms with Crippen LogP contribution in [0.25, 0.3) is 10.9 Å². The number of carbonyl (C=O) groups is 2. The molecule has 4 rings (SSSR count). The first-order valence-corrected chi connectivity index (χ1v) is 10.2. The molecule has 0 aliphatic heterocycles. The Bertz CT molecular complexity index is 1140. The first-order valence-electron chi connectivity index (χ1n) is 9.35. The molecule has 0 fully saturated rings. The molecule has 0 bridgehead atoms. The van der Waals surface area contributed by atoms with Gasteiger partial charge in [-0.15, -0.1) is 16.4 Å². The Morgan fingerprint density at radius 3 is 3.00 bits per heavy atom. The highest BCUT2D eigenvalue weighted by Crippen LogP contribution is 2.38. The van der Waals surface area contributed by atoms with Gasteiger partial charge in [-0.25, -0.2) is 9.67 Å². The summed E-state index contributed by atoms with van der Waals surface area (Å²) in [6.07, 6.45) is 1.48. The predicted octanol–water partition coefficient (Wildman–Crippen LogP) is 1.87. The number of rotatable bonds is 6. The third kappa shape index (κ3) is 3.88. The second-order valence-electron chi connectivity index (χ2n) is 6.60. The second-order valence-corrected chi connectivity index (χ2v) is 7.69. The van der Waals surface area contributed by atoms with E-state index in [4.69, 9.17) is 4.74 Å². The lowest BCUT2D eigenvalue weighted by atomic mass is 10.1. The van der Waals surface area contributed by atoms with E-state index in [0.717, 1.165) is 11.3 Å². The van der Waals surface area contributed by atoms with Crippen molar-refractivity contribution < 1.29 is 14.3 Å². The van der Waals surface area contributed by atoms with Gasteiger partial charge in [0, 0.05) is 11.3 Å². The Hall–Kier alpha value is -3.14. The Kier molecular flexibility index (Phi) is 5.34. The number of hydrogen-bond donors (Lipinski definition) is 1. The lowest BCUT2D eigenvalue weighted by molar-refractivity contribution is -0.145. The molecule has 0 radical (unpaired) electrons. The van der Waals surface area contributed by atoms with Crippen molar-refractivity contribution in [2.75, 3.05) is 11.9 Å². The van der Waals surface area contributed by atoms with E-state index in [1.54, 1.807) is 31.2 Å². The van der Waals surface area contributed by atoms with Crippen LogP contribution in [0, 0.1) is 0 Å². The number of fused-ring (bicyclic) bond motifs is 2. The third-order valence-electron chi connectivity index (χ3n) is 4.72. The third-order valence-corrected chi connectivity index (χ3v) is 5.76. The number of aryl methyl sites for hydroxylation is 2. The average Bonchev–Trinajstić information content (AvgIpc) is 3.28. The van der Waals surface area contributed by atoms with Crippen LogP contribution < -0.4 is 10.9 Å². The van der Waals surface area contributed by atoms with Crippen LogP contribution in [0.15, 0.2) is 29.1 Å². The highest BCUT2D eigenvalue weighted by atomic mass is 32.1. The largest absolute Gasteiger partial charge is 0.465 e. The quantitative estimate of drug-likeness (QED) is 0.613. The summed E-state index contributed by atoms with van der Waals surface area (Å²) in [5.41, 5.74) is 0.931. The van der Waals surface area contributed by atoms with Crippen LogP contribution in [-0.4, -0.2) is 38.5 Å². The molecule has 1 aromatic carbocycles. The first-order chi connectivity index (χ1) is 14.1. The number of aromatic nitrogens is 4. The van der Waals surface area contributed by atoms with Crippen molar-refractivity contribution in [2.24, 2.45) is 0 Å². The van der Waals surface area contributed by atoms with E-state index in [0.29, 0.717) is 34.8 Å². The average molecular weight is 413 g/mol. The minimum Gasteiger partial charge on any atom is -0.465 e. The molecule has 0 spiro atoms. The molecule has 1 aliphatic rings. The number of nitrogens with zero attached hydrogens (tertiary/aromatic N) is 4. The van der Waals surface area contributed by atoms with Crippen molar-refractivity contribution in [1.29, 1.82) is 0 Å². The predicted molar refractivity (Wildman–Crippen MR) is 107 cm³/mol. The standard InChI is InChI=1S/C19H19N5O4S/c1-2-28-18(27)12-7-8-14-16(12)21-19(29-14)20-15(25)9-10-24-17(26)11-5-3-4-6-13(11)22-23-24/h3-6,12H,2,7-10H2,1H3,(H,20,21,25). The van der Waals surface area contributed by atoms with E-state index < -0.39 is 0 Å². The van der Waals surface area contributed by atoms with Gasteiger partial charge in [0.05, 0.1) is 24.2 Å². The highest BCUT2D eigenvalue weighted by molar-refractivity contribution is 7.16. The first kappa shape index (κ1) is 19.2. The Balaban J connectivity index is 1.40. The van der Waals surface area contributed by atoms with Gasteiger partial charge in [-0.3, -0.25) is 14.4 Å². The minimum atomic E-state index is -0.363. The van der Waals surface area contributed by atoms with Crippen molar-refractivity contribution in [3.8, 4) is 0 Å². The Labute approximate surface area is 169 Å². The van der Waals surface area contributed by atoms with Crippen molar-refractivity contribution in [1.82, 2.24) is 20.0 Å². The van der Waals surface area contributed by atoms with E-state index in [1.165, 1.54) is 16.0 Å². The van der Waals surface area contributed by atoms with Gasteiger partial charge in [0.25, 0.3) is 5.56 Å². The molecule has 1 atom stereocenters. The summed E-state index contributed by atoms with van der Waals surface area (Å²) < 4.78 is 6.28. The summed E-state index contributed by atoms with van der Waals surface area (Å²) in [6.45, 7) is 2.21. The van der Waals surface area contributed by atoms with Crippen LogP contribution in [0.3, 0.4) is 0 Å². The van der Waals surface area contributed by atoms with Gasteiger partial charge in [0.1, 0.15) is 11.4 Å². The van der Waals surface area contributed by atoms with Crippen molar-refractivity contribution in [2.45, 2.75) is 38.6 Å². The molecule has 3 aromatic rings. The maximum Gasteiger partial charge on any atom is 0.315 e. The summed E-state index contributed by atoms with van der Waals surface area (Å²) in [6, 6.07) is 6.94. The van der Waals surface area contributed by atoms with Crippen LogP contribution in [0.2, 0.25) is 0 Å². The second kappa shape index (κ2) is 8.08. The molecule has 1 amide bonds. The van der Waals surface area contributed by atoms with Crippen LogP contribution in [0.1, 0.15) is 36.3 Å². The summed E-state index contributed by atoms with van der Waals surface area (Å²) in [5, 5.41) is 11.5. The number of benzene rings is 1. The molecule has 29 heavy (non-hydrogen) atoms. The van der Waals surface area contributed by atoms with Crippen molar-refractivity contribution >= 4 is 39.2 Å². The number of amides is 1. The number of anilines is 1. The van der Waals surface area contributed by atoms with Crippen molar-refractivity contribution in [3.63, 3.8) is 0 Å². The van der Waals surface area contributed by atoms with E-state index in [-0.39, 0.29) is 36.3 Å². The van der Waals surface area contributed by atoms with E-state index in [2.05, 4.69) is 20.6 Å². The molecular formula is C19H19N5O4S. The van der Waals surface area contributed by atoms with Gasteiger partial charge in [-0.2, -0.15) is 0 Å². The van der Waals surface area contributed by atoms with Crippen LogP contribution in [-0.2, 0) is 27.3 Å². The van der Waals surface area contributed by atoms with Gasteiger partial charge in [0.15, 0.2) is 5.13 Å². The number of nitrogens with one attached hydrogen (secondary N) is 1. The fourth-order valence-corrected chi connectivity index (χ4v) is 4.37. The molecule has 2 heterocycles. The van der Waals surface area contributed by atoms with Gasteiger partial charge >= 0.3 is 5.97 Å². The van der Waals surface area contributed by atoms with Gasteiger partial charge in [-0.05, 0) is 31.9 Å². The van der Waals surface area contributed by atoms with E-state index >= 15 is 0 Å². The molecule has 0 saturated carbocycles. The van der Waals surface area contributed by atoms with Gasteiger partial charge in [-0.1, -0.05) is 17.3 Å². The summed E-state index contributed by atoms with van der Waals surface area (Å²) in [4.78, 5) is 42.2. The van der Waals surface area contributed by atoms with Gasteiger partial charge < -0.3 is 10.1 Å². The number of ether oxygens (including phenoxy) is 1. The monoisotopic (exact) mass is 413 g/mol. The molecule has 1 unspecified atom stereocenters. The zero-order valence-corrected chi connectivity index (χ0v) is 16.6. The van der Waals surface area contributed by atoms with Crippen LogP contribution in [0.4, 0.5) is 5.13 Å². The summed E-state index contributed by atoms with van der Waals surface area (Å²) >= 11 is 1.37. The fourth-order valence-electron chi connectivity index (χ4n) is 3.31. The Morgan fingerprint density at radius 2 is 2.17 bits per heavy atom. The summed E-state index contributed by atoms with van der Waals surface area (Å²) in [5.74, 6) is -0.922. The molecule has 9 nitrogen and oxygen atoms in total. The minimum absolute atomic E-state index is 0.0540. The molecule has 150 valence electrons. The molecule has 10 heteroatoms. The number of carbonyl (C=O) groups excluding carboxylic acids is 2. The lowest BCUT2D eigenvalue weighted by Gasteiger charge is -2.08. The smallest absolute Gasteiger partial charge is 0.315 e. The fraction of sp³-hybridized carbons (Fsp3) is 0.368. The zero-order valence-electron chi connectivity index (χ0n) is 15.8. The maximum absolute atomic E-state index is 12.4. The number of esters is 1. The van der Waals surface area contributed by atoms with E-state index in [9.17, 15) is 14.4 Å². The lowest BCUT2D eigenvalue weighted by Crippen LogP contribution is -2.26. The Morgan fingerprint density at radius 1 is 1.34 bits per heavy atom. The van der Waals surface area contributed by atoms with Crippen LogP contribution in [0.5, 0.6) is 0 Å². The maximum atomic E-state index is 12.4. The molecular weight excluding hydrogens is 394 g/mol. The zero-order chi connectivity index (χ0) is 20.4. The summed E-state index contributed by atoms with van der Waals surface area (Å²) in [7, 11) is 0. The normalized spacial score (nSPS) is 15.3. The SMILES string of the molecule is CCOC(=O)C1CCc2sc(NC(=O)CCn3nnc4ccccc4c3=O)nc21. The molecule has 0 saturated heterocycles. The van der Waals surface area contributed by atoms with E-state index in [1.807, 2.05) is 0 Å². The molecule has 1 aliphatic carbocycles. The van der Waals surface area contributed by atoms with Gasteiger partial charge in [0.2, 0.25) is 5.91 Å². The van der Waals surface area contributed by atoms with Crippen LogP contribution >= 0.6 is 11.3 Å². The van der Waals surface area contributed by atoms with Crippen molar-refractivity contribution in [3.05, 3.63) is 45.2 Å². The number of hydrogen-bond acceptors (Lipinski definition) is 8. The topological polar surface area (TPSA) is 116 Å².